The highest BCUT2D eigenvalue weighted by Gasteiger charge is 2.37. The van der Waals surface area contributed by atoms with Gasteiger partial charge < -0.3 is 4.90 Å². The molecule has 1 aliphatic carbocycles. The first-order valence-corrected chi connectivity index (χ1v) is 22.3. The third-order valence-electron chi connectivity index (χ3n) is 13.1. The molecule has 0 bridgehead atoms. The Kier molecular flexibility index (Phi) is 9.94. The Morgan fingerprint density at radius 2 is 0.750 bits per heavy atom. The molecular formula is C63H47N. The maximum atomic E-state index is 2.47. The number of anilines is 3. The fourth-order valence-corrected chi connectivity index (χ4v) is 10.1. The molecule has 0 aromatic heterocycles. The lowest BCUT2D eigenvalue weighted by atomic mass is 9.79. The first kappa shape index (κ1) is 38.9. The summed E-state index contributed by atoms with van der Waals surface area (Å²) in [5.74, 6) is 0. The number of rotatable bonds is 9. The molecule has 0 fully saturated rings. The van der Waals surface area contributed by atoms with E-state index in [9.17, 15) is 0 Å². The minimum Gasteiger partial charge on any atom is -0.310 e. The van der Waals surface area contributed by atoms with Gasteiger partial charge in [0.05, 0.1) is 5.69 Å². The van der Waals surface area contributed by atoms with E-state index in [1.807, 2.05) is 0 Å². The van der Waals surface area contributed by atoms with Crippen LogP contribution in [0.3, 0.4) is 0 Å². The second kappa shape index (κ2) is 16.4. The second-order valence-electron chi connectivity index (χ2n) is 17.3. The Bertz CT molecular complexity index is 3270. The van der Waals surface area contributed by atoms with Gasteiger partial charge in [0.2, 0.25) is 0 Å². The molecule has 0 atom stereocenters. The predicted molar refractivity (Wildman–Crippen MR) is 271 cm³/mol. The summed E-state index contributed by atoms with van der Waals surface area (Å²) >= 11 is 0. The van der Waals surface area contributed by atoms with Crippen LogP contribution in [0.4, 0.5) is 17.1 Å². The van der Waals surface area contributed by atoms with Crippen molar-refractivity contribution in [3.63, 3.8) is 0 Å². The molecule has 64 heavy (non-hydrogen) atoms. The van der Waals surface area contributed by atoms with E-state index in [1.54, 1.807) is 0 Å². The third kappa shape index (κ3) is 6.93. The van der Waals surface area contributed by atoms with Crippen LogP contribution >= 0.6 is 0 Å². The molecule has 0 amide bonds. The molecule has 11 rings (SSSR count). The van der Waals surface area contributed by atoms with Crippen molar-refractivity contribution in [3.8, 4) is 77.9 Å². The van der Waals surface area contributed by atoms with Crippen molar-refractivity contribution >= 4 is 17.1 Å². The van der Waals surface area contributed by atoms with Crippen LogP contribution in [0.2, 0.25) is 0 Å². The molecule has 0 spiro atoms. The number of hydrogen-bond donors (Lipinski definition) is 0. The summed E-state index contributed by atoms with van der Waals surface area (Å²) in [7, 11) is 0. The highest BCUT2D eigenvalue weighted by Crippen LogP contribution is 2.53. The van der Waals surface area contributed by atoms with E-state index < -0.39 is 0 Å². The zero-order valence-corrected chi connectivity index (χ0v) is 36.1. The third-order valence-corrected chi connectivity index (χ3v) is 13.1. The van der Waals surface area contributed by atoms with Crippen LogP contribution in [-0.4, -0.2) is 0 Å². The maximum Gasteiger partial charge on any atom is 0.0546 e. The first-order valence-electron chi connectivity index (χ1n) is 22.3. The average molecular weight is 818 g/mol. The smallest absolute Gasteiger partial charge is 0.0546 e. The molecule has 10 aromatic carbocycles. The topological polar surface area (TPSA) is 3.24 Å². The van der Waals surface area contributed by atoms with E-state index >= 15 is 0 Å². The second-order valence-corrected chi connectivity index (χ2v) is 17.3. The van der Waals surface area contributed by atoms with E-state index in [4.69, 9.17) is 0 Å². The lowest BCUT2D eigenvalue weighted by molar-refractivity contribution is 0.662. The quantitative estimate of drug-likeness (QED) is 0.140. The fraction of sp³-hybridized carbons (Fsp3) is 0.0476. The van der Waals surface area contributed by atoms with Crippen LogP contribution < -0.4 is 4.90 Å². The largest absolute Gasteiger partial charge is 0.310 e. The summed E-state index contributed by atoms with van der Waals surface area (Å²) < 4.78 is 0. The monoisotopic (exact) mass is 817 g/mol. The minimum atomic E-state index is -0.149. The lowest BCUT2D eigenvalue weighted by Gasteiger charge is -2.31. The van der Waals surface area contributed by atoms with E-state index in [0.717, 1.165) is 17.1 Å². The zero-order chi connectivity index (χ0) is 43.0. The summed E-state index contributed by atoms with van der Waals surface area (Å²) in [6.07, 6.45) is 0. The molecule has 0 heterocycles. The normalized spacial score (nSPS) is 12.3. The molecule has 0 aliphatic heterocycles. The van der Waals surface area contributed by atoms with Gasteiger partial charge in [0.15, 0.2) is 0 Å². The van der Waals surface area contributed by atoms with Crippen molar-refractivity contribution in [2.75, 3.05) is 4.90 Å². The van der Waals surface area contributed by atoms with Gasteiger partial charge in [0.25, 0.3) is 0 Å². The molecule has 1 aliphatic rings. The number of fused-ring (bicyclic) bond motifs is 3. The molecule has 0 saturated heterocycles. The molecule has 0 unspecified atom stereocenters. The highest BCUT2D eigenvalue weighted by molar-refractivity contribution is 6.01. The highest BCUT2D eigenvalue weighted by atomic mass is 15.1. The molecule has 0 N–H and O–H groups in total. The van der Waals surface area contributed by atoms with Crippen molar-refractivity contribution in [2.45, 2.75) is 19.3 Å². The Morgan fingerprint density at radius 3 is 1.45 bits per heavy atom. The summed E-state index contributed by atoms with van der Waals surface area (Å²) in [4.78, 5) is 2.47. The number of nitrogens with zero attached hydrogens (tertiary/aromatic N) is 1. The Hall–Kier alpha value is -8.00. The molecule has 304 valence electrons. The van der Waals surface area contributed by atoms with Gasteiger partial charge in [-0.3, -0.25) is 0 Å². The van der Waals surface area contributed by atoms with Crippen LogP contribution in [0.1, 0.15) is 25.0 Å². The molecule has 10 aromatic rings. The van der Waals surface area contributed by atoms with Crippen molar-refractivity contribution in [1.82, 2.24) is 0 Å². The van der Waals surface area contributed by atoms with Gasteiger partial charge in [-0.05, 0) is 120 Å². The van der Waals surface area contributed by atoms with Crippen LogP contribution in [0.5, 0.6) is 0 Å². The van der Waals surface area contributed by atoms with E-state index in [-0.39, 0.29) is 5.41 Å². The van der Waals surface area contributed by atoms with Crippen LogP contribution in [0.15, 0.2) is 249 Å². The maximum absolute atomic E-state index is 2.47. The SMILES string of the molecule is CC1(C)c2ccccc2-c2cccc(-c3cccc(N(c4ccc(-c5cccc(-c6ccccc6)c5)cc4)c4cccc(-c5ccccc5)c4-c4ccccc4-c4ccccc4)c3)c21. The predicted octanol–water partition coefficient (Wildman–Crippen LogP) is 17.5. The van der Waals surface area contributed by atoms with Gasteiger partial charge in [0, 0.05) is 22.4 Å². The Labute approximate surface area is 377 Å². The van der Waals surface area contributed by atoms with Gasteiger partial charge in [-0.15, -0.1) is 0 Å². The summed E-state index contributed by atoms with van der Waals surface area (Å²) in [6, 6.07) is 90.8. The van der Waals surface area contributed by atoms with Crippen molar-refractivity contribution in [3.05, 3.63) is 260 Å². The summed E-state index contributed by atoms with van der Waals surface area (Å²) in [5, 5.41) is 0. The van der Waals surface area contributed by atoms with Crippen molar-refractivity contribution in [2.24, 2.45) is 0 Å². The van der Waals surface area contributed by atoms with Crippen LogP contribution in [0, 0.1) is 0 Å². The van der Waals surface area contributed by atoms with Crippen LogP contribution in [0.25, 0.3) is 77.9 Å². The Morgan fingerprint density at radius 1 is 0.281 bits per heavy atom. The number of hydrogen-bond acceptors (Lipinski definition) is 1. The molecule has 0 saturated carbocycles. The lowest BCUT2D eigenvalue weighted by Crippen LogP contribution is -2.16. The fourth-order valence-electron chi connectivity index (χ4n) is 10.1. The van der Waals surface area contributed by atoms with Crippen molar-refractivity contribution < 1.29 is 0 Å². The van der Waals surface area contributed by atoms with Gasteiger partial charge in [0.1, 0.15) is 0 Å². The van der Waals surface area contributed by atoms with Gasteiger partial charge in [-0.1, -0.05) is 226 Å². The number of benzene rings is 10. The Balaban J connectivity index is 1.13. The molecular weight excluding hydrogens is 771 g/mol. The van der Waals surface area contributed by atoms with Crippen molar-refractivity contribution in [1.29, 1.82) is 0 Å². The molecule has 0 radical (unpaired) electrons. The average Bonchev–Trinajstić information content (AvgIpc) is 3.61. The summed E-state index contributed by atoms with van der Waals surface area (Å²) in [6.45, 7) is 4.75. The van der Waals surface area contributed by atoms with E-state index in [1.165, 1.54) is 89.0 Å². The van der Waals surface area contributed by atoms with Crippen LogP contribution in [-0.2, 0) is 5.41 Å². The summed E-state index contributed by atoms with van der Waals surface area (Å²) in [5.41, 5.74) is 22.9. The van der Waals surface area contributed by atoms with Gasteiger partial charge in [-0.2, -0.15) is 0 Å². The standard InChI is InChI=1S/C63H47N/c1-63(2)59-36-15-14-31-56(59)58-35-18-34-55(62(58)63)50-28-17-29-52(43-50)64(51-40-38-45(39-41-51)49-27-16-26-48(42-49)44-20-6-3-7-21-44)60-37-19-33-54(47-24-10-5-11-25-47)61(60)57-32-13-12-30-53(57)46-22-8-4-9-23-46/h3-43H,1-2H3. The zero-order valence-electron chi connectivity index (χ0n) is 36.1. The first-order chi connectivity index (χ1) is 31.5. The minimum absolute atomic E-state index is 0.149. The van der Waals surface area contributed by atoms with Gasteiger partial charge in [-0.25, -0.2) is 0 Å². The van der Waals surface area contributed by atoms with Gasteiger partial charge >= 0.3 is 0 Å². The van der Waals surface area contributed by atoms with E-state index in [2.05, 4.69) is 267 Å². The molecule has 1 nitrogen and oxygen atoms in total. The van der Waals surface area contributed by atoms with E-state index in [0.29, 0.717) is 0 Å². The molecule has 1 heteroatoms.